The van der Waals surface area contributed by atoms with Gasteiger partial charge in [0.2, 0.25) is 0 Å². The van der Waals surface area contributed by atoms with Crippen molar-refractivity contribution >= 4 is 18.3 Å². The van der Waals surface area contributed by atoms with Crippen molar-refractivity contribution in [3.05, 3.63) is 0 Å². The number of nitrogens with one attached hydrogen (secondary N) is 2. The molecule has 13 nitrogen and oxygen atoms in total. The van der Waals surface area contributed by atoms with Gasteiger partial charge < -0.3 is 53.5 Å². The standard InChI is InChI=1S/C13H27N5O6.2C4H11N/c14-4-2-1-3-10(15)9-24-13(21)18-6-8-23-12(20)17-5-7-22-11(16)19;2*1-2-3-4-5/h10H,1-9,14-15H2,(H2,16,19)(H,17,20)(H,18,21);2*2-5H2,1H3. The summed E-state index contributed by atoms with van der Waals surface area (Å²) in [6.07, 6.45) is 5.00. The molecule has 0 aromatic rings. The summed E-state index contributed by atoms with van der Waals surface area (Å²) < 4.78 is 14.1. The van der Waals surface area contributed by atoms with Crippen LogP contribution in [0.1, 0.15) is 58.8 Å². The SMILES string of the molecule is CCCCN.CCCCN.NCCCCC(N)COC(=O)NCCOC(=O)NCCOC(N)=O. The smallest absolute Gasteiger partial charge is 0.407 e. The van der Waals surface area contributed by atoms with Crippen LogP contribution >= 0.6 is 0 Å². The number of unbranched alkanes of at least 4 members (excludes halogenated alkanes) is 3. The number of rotatable bonds is 16. The highest BCUT2D eigenvalue weighted by Crippen LogP contribution is 1.98. The van der Waals surface area contributed by atoms with Crippen LogP contribution < -0.4 is 39.3 Å². The lowest BCUT2D eigenvalue weighted by Crippen LogP contribution is -2.35. The van der Waals surface area contributed by atoms with E-state index in [-0.39, 0.29) is 39.0 Å². The minimum atomic E-state index is -0.924. The van der Waals surface area contributed by atoms with Gasteiger partial charge in [-0.1, -0.05) is 33.1 Å². The van der Waals surface area contributed by atoms with Gasteiger partial charge in [-0.3, -0.25) is 0 Å². The van der Waals surface area contributed by atoms with E-state index < -0.39 is 18.3 Å². The first-order valence-corrected chi connectivity index (χ1v) is 11.9. The third-order valence-electron chi connectivity index (χ3n) is 3.79. The molecule has 12 N–H and O–H groups in total. The maximum absolute atomic E-state index is 11.4. The average molecular weight is 496 g/mol. The van der Waals surface area contributed by atoms with Crippen molar-refractivity contribution in [2.24, 2.45) is 28.7 Å². The molecule has 0 radical (unpaired) electrons. The molecule has 1 unspecified atom stereocenters. The Labute approximate surface area is 204 Å². The number of nitrogens with two attached hydrogens (primary N) is 5. The van der Waals surface area contributed by atoms with Crippen LogP contribution in [-0.2, 0) is 14.2 Å². The molecule has 3 amide bonds. The lowest BCUT2D eigenvalue weighted by atomic mass is 10.1. The largest absolute Gasteiger partial charge is 0.448 e. The lowest BCUT2D eigenvalue weighted by Gasteiger charge is -2.12. The van der Waals surface area contributed by atoms with Crippen LogP contribution in [0.2, 0.25) is 0 Å². The number of carbonyl (C=O) groups excluding carboxylic acids is 3. The fraction of sp³-hybridized carbons (Fsp3) is 0.857. The van der Waals surface area contributed by atoms with Gasteiger partial charge >= 0.3 is 18.3 Å². The van der Waals surface area contributed by atoms with E-state index >= 15 is 0 Å². The van der Waals surface area contributed by atoms with E-state index in [1.165, 1.54) is 25.7 Å². The van der Waals surface area contributed by atoms with Crippen molar-refractivity contribution in [3.63, 3.8) is 0 Å². The van der Waals surface area contributed by atoms with Gasteiger partial charge in [0, 0.05) is 6.04 Å². The Kier molecular flexibility index (Phi) is 32.7. The van der Waals surface area contributed by atoms with Crippen molar-refractivity contribution in [1.29, 1.82) is 0 Å². The number of carbonyl (C=O) groups is 3. The Morgan fingerprint density at radius 1 is 0.735 bits per heavy atom. The predicted molar refractivity (Wildman–Crippen MR) is 133 cm³/mol. The highest BCUT2D eigenvalue weighted by molar-refractivity contribution is 5.68. The van der Waals surface area contributed by atoms with Crippen LogP contribution in [0.4, 0.5) is 14.4 Å². The first-order valence-electron chi connectivity index (χ1n) is 11.9. The number of hydrogen-bond donors (Lipinski definition) is 7. The van der Waals surface area contributed by atoms with E-state index in [4.69, 9.17) is 38.1 Å². The molecule has 0 fully saturated rings. The second-order valence-corrected chi connectivity index (χ2v) is 7.08. The number of primary amides is 1. The summed E-state index contributed by atoms with van der Waals surface area (Å²) in [6, 6.07) is -0.230. The summed E-state index contributed by atoms with van der Waals surface area (Å²) in [7, 11) is 0. The monoisotopic (exact) mass is 495 g/mol. The molecule has 0 rings (SSSR count). The molecule has 204 valence electrons. The summed E-state index contributed by atoms with van der Waals surface area (Å²) in [4.78, 5) is 32.8. The van der Waals surface area contributed by atoms with Crippen molar-refractivity contribution < 1.29 is 28.6 Å². The fourth-order valence-electron chi connectivity index (χ4n) is 1.93. The first-order chi connectivity index (χ1) is 16.3. The number of alkyl carbamates (subject to hydrolysis) is 2. The molecule has 0 spiro atoms. The molecule has 0 aromatic heterocycles. The molecule has 13 heteroatoms. The number of amides is 3. The molecule has 0 aromatic carbocycles. The van der Waals surface area contributed by atoms with Crippen LogP contribution in [0.15, 0.2) is 0 Å². The normalized spacial score (nSPS) is 10.4. The minimum absolute atomic E-state index is 0.0415. The maximum Gasteiger partial charge on any atom is 0.407 e. The van der Waals surface area contributed by atoms with Crippen LogP contribution in [0.25, 0.3) is 0 Å². The van der Waals surface area contributed by atoms with Gasteiger partial charge in [-0.25, -0.2) is 14.4 Å². The van der Waals surface area contributed by atoms with Crippen molar-refractivity contribution in [1.82, 2.24) is 10.6 Å². The summed E-state index contributed by atoms with van der Waals surface area (Å²) in [6.45, 7) is 6.73. The zero-order chi connectivity index (χ0) is 26.5. The lowest BCUT2D eigenvalue weighted by molar-refractivity contribution is 0.125. The van der Waals surface area contributed by atoms with E-state index in [1.54, 1.807) is 0 Å². The third-order valence-corrected chi connectivity index (χ3v) is 3.79. The maximum atomic E-state index is 11.4. The van der Waals surface area contributed by atoms with Crippen LogP contribution in [0.5, 0.6) is 0 Å². The molecule has 0 heterocycles. The molecule has 34 heavy (non-hydrogen) atoms. The third kappa shape index (κ3) is 37.0. The van der Waals surface area contributed by atoms with E-state index in [9.17, 15) is 14.4 Å². The average Bonchev–Trinajstić information content (AvgIpc) is 2.80. The van der Waals surface area contributed by atoms with Gasteiger partial charge in [0.05, 0.1) is 13.1 Å². The van der Waals surface area contributed by atoms with Gasteiger partial charge in [0.1, 0.15) is 19.8 Å². The summed E-state index contributed by atoms with van der Waals surface area (Å²) in [5.41, 5.74) is 26.2. The Hall–Kier alpha value is -2.35. The molecule has 0 aliphatic heterocycles. The van der Waals surface area contributed by atoms with Crippen LogP contribution in [0.3, 0.4) is 0 Å². The Balaban J connectivity index is -0.000000799. The molecular weight excluding hydrogens is 446 g/mol. The highest BCUT2D eigenvalue weighted by Gasteiger charge is 2.08. The van der Waals surface area contributed by atoms with Gasteiger partial charge in [-0.05, 0) is 45.3 Å². The molecule has 1 atom stereocenters. The zero-order valence-electron chi connectivity index (χ0n) is 21.0. The minimum Gasteiger partial charge on any atom is -0.448 e. The zero-order valence-corrected chi connectivity index (χ0v) is 21.0. The van der Waals surface area contributed by atoms with Gasteiger partial charge in [0.15, 0.2) is 0 Å². The van der Waals surface area contributed by atoms with Gasteiger partial charge in [-0.15, -0.1) is 0 Å². The second kappa shape index (κ2) is 30.6. The van der Waals surface area contributed by atoms with Crippen LogP contribution in [0, 0.1) is 0 Å². The summed E-state index contributed by atoms with van der Waals surface area (Å²) in [5, 5.41) is 4.74. The Bertz CT molecular complexity index is 463. The topological polar surface area (TPSA) is 233 Å². The van der Waals surface area contributed by atoms with E-state index in [2.05, 4.69) is 29.2 Å². The fourth-order valence-corrected chi connectivity index (χ4v) is 1.93. The second-order valence-electron chi connectivity index (χ2n) is 7.08. The first kappa shape index (κ1) is 36.2. The Morgan fingerprint density at radius 2 is 1.21 bits per heavy atom. The van der Waals surface area contributed by atoms with Gasteiger partial charge in [0.25, 0.3) is 0 Å². The van der Waals surface area contributed by atoms with E-state index in [0.29, 0.717) is 6.54 Å². The van der Waals surface area contributed by atoms with Gasteiger partial charge in [-0.2, -0.15) is 0 Å². The summed E-state index contributed by atoms with van der Waals surface area (Å²) >= 11 is 0. The predicted octanol–water partition coefficient (Wildman–Crippen LogP) is 0.481. The van der Waals surface area contributed by atoms with E-state index in [0.717, 1.165) is 32.4 Å². The summed E-state index contributed by atoms with van der Waals surface area (Å²) in [5.74, 6) is 0. The van der Waals surface area contributed by atoms with Crippen LogP contribution in [-0.4, -0.2) is 76.9 Å². The quantitative estimate of drug-likeness (QED) is 0.115. The molecule has 0 aliphatic rings. The number of hydrogen-bond acceptors (Lipinski definition) is 10. The Morgan fingerprint density at radius 3 is 1.62 bits per heavy atom. The molecule has 0 bridgehead atoms. The van der Waals surface area contributed by atoms with E-state index in [1.807, 2.05) is 0 Å². The highest BCUT2D eigenvalue weighted by atomic mass is 16.6. The van der Waals surface area contributed by atoms with Crippen molar-refractivity contribution in [2.75, 3.05) is 52.5 Å². The number of ether oxygens (including phenoxy) is 3. The van der Waals surface area contributed by atoms with Crippen molar-refractivity contribution in [3.8, 4) is 0 Å². The molecule has 0 saturated heterocycles. The molecule has 0 saturated carbocycles. The molecule has 0 aliphatic carbocycles. The molecular formula is C21H49N7O6. The van der Waals surface area contributed by atoms with Crippen molar-refractivity contribution in [2.45, 2.75) is 64.8 Å².